The van der Waals surface area contributed by atoms with E-state index >= 15 is 0 Å². The molecule has 0 bridgehead atoms. The minimum absolute atomic E-state index is 0.243. The van der Waals surface area contributed by atoms with Gasteiger partial charge in [-0.15, -0.1) is 5.10 Å². The number of rotatable bonds is 3. The van der Waals surface area contributed by atoms with Gasteiger partial charge in [-0.3, -0.25) is 4.79 Å². The number of nitrogens with one attached hydrogen (secondary N) is 1. The van der Waals surface area contributed by atoms with Crippen molar-refractivity contribution in [1.29, 1.82) is 0 Å². The second-order valence-corrected chi connectivity index (χ2v) is 5.12. The van der Waals surface area contributed by atoms with E-state index in [2.05, 4.69) is 14.9 Å². The van der Waals surface area contributed by atoms with Crippen LogP contribution in [0.4, 0.5) is 5.69 Å². The van der Waals surface area contributed by atoms with Gasteiger partial charge in [-0.1, -0.05) is 34.8 Å². The van der Waals surface area contributed by atoms with E-state index in [1.54, 1.807) is 6.07 Å². The zero-order chi connectivity index (χ0) is 13.9. The summed E-state index contributed by atoms with van der Waals surface area (Å²) < 4.78 is 4.79. The molecule has 0 radical (unpaired) electrons. The summed E-state index contributed by atoms with van der Waals surface area (Å²) in [6, 6.07) is 14.0. The molecule has 5 nitrogen and oxygen atoms in total. The SMILES string of the molecule is NC(C(=O)Nc1ccc2nnsc2c1)c1ccccc1. The van der Waals surface area contributed by atoms with Gasteiger partial charge >= 0.3 is 0 Å². The van der Waals surface area contributed by atoms with Gasteiger partial charge < -0.3 is 11.1 Å². The van der Waals surface area contributed by atoms with Crippen molar-refractivity contribution in [3.8, 4) is 0 Å². The fourth-order valence-electron chi connectivity index (χ4n) is 1.89. The highest BCUT2D eigenvalue weighted by Crippen LogP contribution is 2.21. The molecule has 20 heavy (non-hydrogen) atoms. The maximum absolute atomic E-state index is 12.1. The molecule has 0 aliphatic carbocycles. The highest BCUT2D eigenvalue weighted by Gasteiger charge is 2.15. The van der Waals surface area contributed by atoms with Crippen LogP contribution >= 0.6 is 11.5 Å². The minimum atomic E-state index is -0.688. The summed E-state index contributed by atoms with van der Waals surface area (Å²) in [6.45, 7) is 0. The van der Waals surface area contributed by atoms with Crippen molar-refractivity contribution in [1.82, 2.24) is 9.59 Å². The first-order valence-electron chi connectivity index (χ1n) is 6.07. The van der Waals surface area contributed by atoms with Crippen molar-refractivity contribution in [3.05, 3.63) is 54.1 Å². The van der Waals surface area contributed by atoms with E-state index in [1.165, 1.54) is 11.5 Å². The molecular formula is C14H12N4OS. The number of amides is 1. The molecule has 1 unspecified atom stereocenters. The molecular weight excluding hydrogens is 272 g/mol. The molecule has 1 amide bonds. The number of fused-ring (bicyclic) bond motifs is 1. The molecule has 0 aliphatic rings. The number of benzene rings is 2. The Morgan fingerprint density at radius 1 is 1.20 bits per heavy atom. The lowest BCUT2D eigenvalue weighted by atomic mass is 10.1. The van der Waals surface area contributed by atoms with Gasteiger partial charge in [-0.2, -0.15) is 0 Å². The predicted octanol–water partition coefficient (Wildman–Crippen LogP) is 2.33. The molecule has 0 fully saturated rings. The van der Waals surface area contributed by atoms with Crippen LogP contribution in [0.1, 0.15) is 11.6 Å². The molecule has 2 aromatic carbocycles. The highest BCUT2D eigenvalue weighted by atomic mass is 32.1. The minimum Gasteiger partial charge on any atom is -0.324 e. The molecule has 100 valence electrons. The van der Waals surface area contributed by atoms with Gasteiger partial charge in [0.25, 0.3) is 0 Å². The van der Waals surface area contributed by atoms with E-state index in [0.29, 0.717) is 5.69 Å². The van der Waals surface area contributed by atoms with Crippen molar-refractivity contribution in [2.45, 2.75) is 6.04 Å². The molecule has 0 spiro atoms. The number of anilines is 1. The van der Waals surface area contributed by atoms with Crippen molar-refractivity contribution < 1.29 is 4.79 Å². The van der Waals surface area contributed by atoms with Crippen LogP contribution in [-0.4, -0.2) is 15.5 Å². The lowest BCUT2D eigenvalue weighted by Crippen LogP contribution is -2.27. The summed E-state index contributed by atoms with van der Waals surface area (Å²) in [5.74, 6) is -0.243. The molecule has 3 N–H and O–H groups in total. The van der Waals surface area contributed by atoms with Gasteiger partial charge in [0, 0.05) is 5.69 Å². The average Bonchev–Trinajstić information content (AvgIpc) is 2.95. The normalized spacial score (nSPS) is 12.2. The summed E-state index contributed by atoms with van der Waals surface area (Å²) in [5.41, 5.74) is 8.24. The average molecular weight is 284 g/mol. The van der Waals surface area contributed by atoms with Gasteiger partial charge in [0.15, 0.2) is 0 Å². The molecule has 1 heterocycles. The summed E-state index contributed by atoms with van der Waals surface area (Å²) in [7, 11) is 0. The maximum atomic E-state index is 12.1. The fourth-order valence-corrected chi connectivity index (χ4v) is 2.49. The fraction of sp³-hybridized carbons (Fsp3) is 0.0714. The van der Waals surface area contributed by atoms with Crippen molar-refractivity contribution in [3.63, 3.8) is 0 Å². The quantitative estimate of drug-likeness (QED) is 0.773. The van der Waals surface area contributed by atoms with E-state index < -0.39 is 6.04 Å². The van der Waals surface area contributed by atoms with E-state index in [1.807, 2.05) is 42.5 Å². The summed E-state index contributed by atoms with van der Waals surface area (Å²) >= 11 is 1.29. The Morgan fingerprint density at radius 3 is 2.80 bits per heavy atom. The van der Waals surface area contributed by atoms with Gasteiger partial charge in [0.2, 0.25) is 5.91 Å². The van der Waals surface area contributed by atoms with E-state index in [4.69, 9.17) is 5.73 Å². The second kappa shape index (κ2) is 5.36. The first-order valence-corrected chi connectivity index (χ1v) is 6.85. The Balaban J connectivity index is 1.78. The Morgan fingerprint density at radius 2 is 2.00 bits per heavy atom. The highest BCUT2D eigenvalue weighted by molar-refractivity contribution is 7.12. The zero-order valence-electron chi connectivity index (χ0n) is 10.5. The molecule has 1 atom stereocenters. The maximum Gasteiger partial charge on any atom is 0.245 e. The van der Waals surface area contributed by atoms with Crippen LogP contribution in [0.2, 0.25) is 0 Å². The molecule has 3 rings (SSSR count). The van der Waals surface area contributed by atoms with E-state index in [9.17, 15) is 4.79 Å². The second-order valence-electron chi connectivity index (χ2n) is 4.33. The van der Waals surface area contributed by atoms with Gasteiger partial charge in [-0.25, -0.2) is 0 Å². The van der Waals surface area contributed by atoms with Crippen LogP contribution in [0.15, 0.2) is 48.5 Å². The number of carbonyl (C=O) groups is 1. The zero-order valence-corrected chi connectivity index (χ0v) is 11.3. The van der Waals surface area contributed by atoms with Crippen molar-refractivity contribution in [2.24, 2.45) is 5.73 Å². The standard InChI is InChI=1S/C14H12N4OS/c15-13(9-4-2-1-3-5-9)14(19)16-10-6-7-11-12(8-10)20-18-17-11/h1-8,13H,15H2,(H,16,19). The Bertz CT molecular complexity index is 741. The lowest BCUT2D eigenvalue weighted by molar-refractivity contribution is -0.117. The molecule has 0 saturated carbocycles. The Kier molecular flexibility index (Phi) is 3.41. The molecule has 1 aromatic heterocycles. The molecule has 3 aromatic rings. The van der Waals surface area contributed by atoms with Crippen LogP contribution < -0.4 is 11.1 Å². The Hall–Kier alpha value is -2.31. The van der Waals surface area contributed by atoms with Gasteiger partial charge in [0.05, 0.1) is 4.70 Å². The number of carbonyl (C=O) groups excluding carboxylic acids is 1. The third-order valence-corrected chi connectivity index (χ3v) is 3.64. The van der Waals surface area contributed by atoms with Crippen LogP contribution in [-0.2, 0) is 4.79 Å². The first-order chi connectivity index (χ1) is 9.74. The number of hydrogen-bond acceptors (Lipinski definition) is 5. The monoisotopic (exact) mass is 284 g/mol. The molecule has 6 heteroatoms. The van der Waals surface area contributed by atoms with Crippen LogP contribution in [0, 0.1) is 0 Å². The largest absolute Gasteiger partial charge is 0.324 e. The smallest absolute Gasteiger partial charge is 0.245 e. The summed E-state index contributed by atoms with van der Waals surface area (Å²) in [4.78, 5) is 12.1. The van der Waals surface area contributed by atoms with E-state index in [-0.39, 0.29) is 5.91 Å². The van der Waals surface area contributed by atoms with Crippen molar-refractivity contribution in [2.75, 3.05) is 5.32 Å². The van der Waals surface area contributed by atoms with Gasteiger partial charge in [0.1, 0.15) is 11.6 Å². The van der Waals surface area contributed by atoms with Gasteiger partial charge in [-0.05, 0) is 35.3 Å². The first kappa shape index (κ1) is 12.7. The lowest BCUT2D eigenvalue weighted by Gasteiger charge is -2.12. The van der Waals surface area contributed by atoms with Crippen molar-refractivity contribution >= 4 is 33.3 Å². The topological polar surface area (TPSA) is 80.9 Å². The summed E-state index contributed by atoms with van der Waals surface area (Å²) in [5, 5.41) is 6.76. The number of nitrogens with two attached hydrogens (primary N) is 1. The Labute approximate surface area is 119 Å². The third kappa shape index (κ3) is 2.52. The predicted molar refractivity (Wildman–Crippen MR) is 79.4 cm³/mol. The van der Waals surface area contributed by atoms with Crippen LogP contribution in [0.25, 0.3) is 10.2 Å². The third-order valence-electron chi connectivity index (χ3n) is 2.96. The number of aromatic nitrogens is 2. The molecule has 0 saturated heterocycles. The number of hydrogen-bond donors (Lipinski definition) is 2. The molecule has 0 aliphatic heterocycles. The number of nitrogens with zero attached hydrogens (tertiary/aromatic N) is 2. The van der Waals surface area contributed by atoms with Crippen LogP contribution in [0.3, 0.4) is 0 Å². The van der Waals surface area contributed by atoms with E-state index in [0.717, 1.165) is 15.8 Å². The van der Waals surface area contributed by atoms with Crippen LogP contribution in [0.5, 0.6) is 0 Å². The summed E-state index contributed by atoms with van der Waals surface area (Å²) in [6.07, 6.45) is 0.